The maximum Gasteiger partial charge on any atom is 0.181 e. The van der Waals surface area contributed by atoms with Crippen LogP contribution in [0, 0.1) is 6.92 Å². The van der Waals surface area contributed by atoms with Crippen LogP contribution in [0.15, 0.2) is 29.2 Å². The molecule has 1 fully saturated rings. The Morgan fingerprint density at radius 3 is 2.53 bits per heavy atom. The summed E-state index contributed by atoms with van der Waals surface area (Å²) in [6.07, 6.45) is 3.61. The van der Waals surface area contributed by atoms with Crippen LogP contribution in [0.3, 0.4) is 0 Å². The van der Waals surface area contributed by atoms with Crippen LogP contribution >= 0.6 is 0 Å². The SMILES string of the molecule is CCNC1CCCC(S(=O)(=O)c2ccc(C)cc2)C1. The van der Waals surface area contributed by atoms with Crippen molar-refractivity contribution in [2.75, 3.05) is 6.54 Å². The average molecular weight is 281 g/mol. The highest BCUT2D eigenvalue weighted by molar-refractivity contribution is 7.92. The second-order valence-electron chi connectivity index (χ2n) is 5.40. The standard InChI is InChI=1S/C15H23NO2S/c1-3-16-13-5-4-6-15(11-13)19(17,18)14-9-7-12(2)8-10-14/h7-10,13,15-16H,3-6,11H2,1-2H3. The van der Waals surface area contributed by atoms with E-state index in [0.717, 1.165) is 37.8 Å². The summed E-state index contributed by atoms with van der Waals surface area (Å²) in [6, 6.07) is 7.57. The van der Waals surface area contributed by atoms with Gasteiger partial charge in [-0.3, -0.25) is 0 Å². The molecule has 3 nitrogen and oxygen atoms in total. The summed E-state index contributed by atoms with van der Waals surface area (Å²) in [5.74, 6) is 0. The number of hydrogen-bond acceptors (Lipinski definition) is 3. The topological polar surface area (TPSA) is 46.2 Å². The number of aryl methyl sites for hydroxylation is 1. The van der Waals surface area contributed by atoms with Crippen molar-refractivity contribution in [2.45, 2.75) is 55.7 Å². The Morgan fingerprint density at radius 2 is 1.89 bits per heavy atom. The van der Waals surface area contributed by atoms with Gasteiger partial charge in [0.15, 0.2) is 9.84 Å². The molecule has 0 aliphatic heterocycles. The molecule has 0 radical (unpaired) electrons. The van der Waals surface area contributed by atoms with Crippen molar-refractivity contribution >= 4 is 9.84 Å². The molecule has 0 aromatic heterocycles. The zero-order valence-electron chi connectivity index (χ0n) is 11.7. The summed E-state index contributed by atoms with van der Waals surface area (Å²) in [5.41, 5.74) is 1.09. The molecule has 0 bridgehead atoms. The number of rotatable bonds is 4. The van der Waals surface area contributed by atoms with Crippen molar-refractivity contribution in [3.63, 3.8) is 0 Å². The Bertz CT molecular complexity index is 505. The van der Waals surface area contributed by atoms with E-state index in [4.69, 9.17) is 0 Å². The van der Waals surface area contributed by atoms with Crippen LogP contribution in [-0.4, -0.2) is 26.3 Å². The molecule has 1 aromatic rings. The number of hydrogen-bond donors (Lipinski definition) is 1. The predicted octanol–water partition coefficient (Wildman–Crippen LogP) is 2.69. The van der Waals surface area contributed by atoms with Gasteiger partial charge in [-0.05, 0) is 44.9 Å². The van der Waals surface area contributed by atoms with Crippen molar-refractivity contribution in [1.82, 2.24) is 5.32 Å². The quantitative estimate of drug-likeness (QED) is 0.923. The minimum absolute atomic E-state index is 0.229. The zero-order chi connectivity index (χ0) is 13.9. The fraction of sp³-hybridized carbons (Fsp3) is 0.600. The van der Waals surface area contributed by atoms with Gasteiger partial charge in [-0.1, -0.05) is 31.0 Å². The highest BCUT2D eigenvalue weighted by Crippen LogP contribution is 2.29. The average Bonchev–Trinajstić information content (AvgIpc) is 2.40. The molecule has 0 amide bonds. The van der Waals surface area contributed by atoms with Gasteiger partial charge in [-0.15, -0.1) is 0 Å². The molecular formula is C15H23NO2S. The van der Waals surface area contributed by atoms with E-state index in [1.165, 1.54) is 0 Å². The lowest BCUT2D eigenvalue weighted by atomic mass is 9.95. The van der Waals surface area contributed by atoms with Gasteiger partial charge >= 0.3 is 0 Å². The van der Waals surface area contributed by atoms with Crippen LogP contribution < -0.4 is 5.32 Å². The van der Waals surface area contributed by atoms with Crippen molar-refractivity contribution in [2.24, 2.45) is 0 Å². The molecule has 106 valence electrons. The van der Waals surface area contributed by atoms with Crippen LogP contribution in [0.4, 0.5) is 0 Å². The molecule has 1 saturated carbocycles. The van der Waals surface area contributed by atoms with Crippen LogP contribution in [0.5, 0.6) is 0 Å². The molecule has 0 saturated heterocycles. The molecule has 1 aliphatic rings. The Morgan fingerprint density at radius 1 is 1.21 bits per heavy atom. The smallest absolute Gasteiger partial charge is 0.181 e. The fourth-order valence-electron chi connectivity index (χ4n) is 2.82. The van der Waals surface area contributed by atoms with Gasteiger partial charge in [-0.2, -0.15) is 0 Å². The van der Waals surface area contributed by atoms with E-state index in [0.29, 0.717) is 10.9 Å². The van der Waals surface area contributed by atoms with E-state index in [9.17, 15) is 8.42 Å². The van der Waals surface area contributed by atoms with Gasteiger partial charge in [0.05, 0.1) is 10.1 Å². The van der Waals surface area contributed by atoms with Crippen LogP contribution in [-0.2, 0) is 9.84 Å². The van der Waals surface area contributed by atoms with E-state index in [-0.39, 0.29) is 5.25 Å². The normalized spacial score (nSPS) is 24.3. The molecular weight excluding hydrogens is 258 g/mol. The Labute approximate surface area is 116 Å². The van der Waals surface area contributed by atoms with E-state index >= 15 is 0 Å². The number of sulfone groups is 1. The Kier molecular flexibility index (Phi) is 4.63. The van der Waals surface area contributed by atoms with Crippen molar-refractivity contribution in [1.29, 1.82) is 0 Å². The highest BCUT2D eigenvalue weighted by atomic mass is 32.2. The molecule has 0 spiro atoms. The molecule has 2 atom stereocenters. The minimum Gasteiger partial charge on any atom is -0.314 e. The van der Waals surface area contributed by atoms with E-state index in [2.05, 4.69) is 12.2 Å². The van der Waals surface area contributed by atoms with Crippen molar-refractivity contribution in [3.8, 4) is 0 Å². The first-order valence-corrected chi connectivity index (χ1v) is 8.62. The maximum atomic E-state index is 12.6. The maximum absolute atomic E-state index is 12.6. The summed E-state index contributed by atoms with van der Waals surface area (Å²) in [4.78, 5) is 0.472. The first-order chi connectivity index (χ1) is 9.04. The lowest BCUT2D eigenvalue weighted by molar-refractivity contribution is 0.377. The third-order valence-electron chi connectivity index (χ3n) is 3.91. The first-order valence-electron chi connectivity index (χ1n) is 7.08. The van der Waals surface area contributed by atoms with Gasteiger partial charge in [0.25, 0.3) is 0 Å². The number of benzene rings is 1. The molecule has 19 heavy (non-hydrogen) atoms. The van der Waals surface area contributed by atoms with E-state index in [1.54, 1.807) is 12.1 Å². The fourth-order valence-corrected chi connectivity index (χ4v) is 4.68. The van der Waals surface area contributed by atoms with Crippen LogP contribution in [0.25, 0.3) is 0 Å². The molecule has 2 unspecified atom stereocenters. The third kappa shape index (κ3) is 3.37. The number of nitrogens with one attached hydrogen (secondary N) is 1. The Hall–Kier alpha value is -0.870. The summed E-state index contributed by atoms with van der Waals surface area (Å²) < 4.78 is 25.2. The van der Waals surface area contributed by atoms with Crippen LogP contribution in [0.1, 0.15) is 38.2 Å². The molecule has 4 heteroatoms. The zero-order valence-corrected chi connectivity index (χ0v) is 12.5. The largest absolute Gasteiger partial charge is 0.314 e. The lowest BCUT2D eigenvalue weighted by Crippen LogP contribution is -2.38. The van der Waals surface area contributed by atoms with Gasteiger partial charge in [0.2, 0.25) is 0 Å². The summed E-state index contributed by atoms with van der Waals surface area (Å²) in [6.45, 7) is 4.94. The van der Waals surface area contributed by atoms with Gasteiger partial charge < -0.3 is 5.32 Å². The van der Waals surface area contributed by atoms with E-state index < -0.39 is 9.84 Å². The lowest BCUT2D eigenvalue weighted by Gasteiger charge is -2.29. The van der Waals surface area contributed by atoms with Gasteiger partial charge in [0.1, 0.15) is 0 Å². The molecule has 0 heterocycles. The molecule has 2 rings (SSSR count). The molecule has 1 N–H and O–H groups in total. The van der Waals surface area contributed by atoms with Gasteiger partial charge in [-0.25, -0.2) is 8.42 Å². The summed E-state index contributed by atoms with van der Waals surface area (Å²) >= 11 is 0. The van der Waals surface area contributed by atoms with Gasteiger partial charge in [0, 0.05) is 6.04 Å². The van der Waals surface area contributed by atoms with Crippen molar-refractivity contribution < 1.29 is 8.42 Å². The molecule has 1 aromatic carbocycles. The third-order valence-corrected chi connectivity index (χ3v) is 6.14. The van der Waals surface area contributed by atoms with E-state index in [1.807, 2.05) is 19.1 Å². The summed E-state index contributed by atoms with van der Waals surface area (Å²) in [7, 11) is -3.17. The van der Waals surface area contributed by atoms with Crippen LogP contribution in [0.2, 0.25) is 0 Å². The Balaban J connectivity index is 2.17. The second kappa shape index (κ2) is 6.06. The molecule has 1 aliphatic carbocycles. The predicted molar refractivity (Wildman–Crippen MR) is 78.1 cm³/mol. The second-order valence-corrected chi connectivity index (χ2v) is 7.63. The van der Waals surface area contributed by atoms with Crippen molar-refractivity contribution in [3.05, 3.63) is 29.8 Å². The first kappa shape index (κ1) is 14.5. The minimum atomic E-state index is -3.17. The monoisotopic (exact) mass is 281 g/mol. The highest BCUT2D eigenvalue weighted by Gasteiger charge is 2.32. The summed E-state index contributed by atoms with van der Waals surface area (Å²) in [5, 5.41) is 3.15.